The van der Waals surface area contributed by atoms with Crippen LogP contribution < -0.4 is 24.4 Å². The quantitative estimate of drug-likeness (QED) is 0.254. The Kier molecular flexibility index (Phi) is 9.18. The lowest BCUT2D eigenvalue weighted by molar-refractivity contribution is 0.0954. The maximum absolute atomic E-state index is 12.5. The first-order valence-electron chi connectivity index (χ1n) is 10.3. The highest BCUT2D eigenvalue weighted by Gasteiger charge is 2.13. The summed E-state index contributed by atoms with van der Waals surface area (Å²) < 4.78 is 22.8. The molecular formula is C25H24BrClN2O5. The zero-order valence-electron chi connectivity index (χ0n) is 18.9. The van der Waals surface area contributed by atoms with Gasteiger partial charge < -0.3 is 18.9 Å². The average Bonchev–Trinajstić information content (AvgIpc) is 2.84. The third-order valence-corrected chi connectivity index (χ3v) is 5.64. The summed E-state index contributed by atoms with van der Waals surface area (Å²) in [5.41, 5.74) is 4.45. The third-order valence-electron chi connectivity index (χ3n) is 4.69. The highest BCUT2D eigenvalue weighted by Crippen LogP contribution is 2.37. The lowest BCUT2D eigenvalue weighted by atomic mass is 10.2. The zero-order valence-corrected chi connectivity index (χ0v) is 21.3. The summed E-state index contributed by atoms with van der Waals surface area (Å²) in [6.45, 7) is 2.65. The van der Waals surface area contributed by atoms with Crippen LogP contribution in [0.2, 0.25) is 5.02 Å². The molecule has 0 unspecified atom stereocenters. The standard InChI is InChI=1S/C25H24BrClN2O5/c1-4-33-21-10-9-17(13-22(21)31-2)25(30)29-28-14-16-11-19(26)24(23(12-16)32-3)34-15-18-7-5-6-8-20(18)27/h5-14H,4,15H2,1-3H3,(H,29,30)/b28-14+. The van der Waals surface area contributed by atoms with Crippen molar-refractivity contribution in [1.82, 2.24) is 5.43 Å². The number of hydrogen-bond acceptors (Lipinski definition) is 6. The molecule has 7 nitrogen and oxygen atoms in total. The van der Waals surface area contributed by atoms with Gasteiger partial charge in [0.2, 0.25) is 0 Å². The van der Waals surface area contributed by atoms with Gasteiger partial charge in [-0.3, -0.25) is 4.79 Å². The van der Waals surface area contributed by atoms with E-state index in [1.807, 2.05) is 31.2 Å². The molecule has 0 aromatic heterocycles. The Hall–Kier alpha value is -3.23. The molecule has 0 radical (unpaired) electrons. The van der Waals surface area contributed by atoms with Gasteiger partial charge in [-0.15, -0.1) is 0 Å². The second kappa shape index (κ2) is 12.3. The van der Waals surface area contributed by atoms with Crippen LogP contribution in [-0.2, 0) is 6.61 Å². The summed E-state index contributed by atoms with van der Waals surface area (Å²) in [5.74, 6) is 1.69. The fourth-order valence-corrected chi connectivity index (χ4v) is 3.80. The average molecular weight is 548 g/mol. The summed E-state index contributed by atoms with van der Waals surface area (Å²) >= 11 is 9.72. The second-order valence-corrected chi connectivity index (χ2v) is 8.17. The molecule has 34 heavy (non-hydrogen) atoms. The van der Waals surface area contributed by atoms with Gasteiger partial charge in [0.25, 0.3) is 5.91 Å². The van der Waals surface area contributed by atoms with Crippen LogP contribution in [0.1, 0.15) is 28.4 Å². The Labute approximate surface area is 211 Å². The summed E-state index contributed by atoms with van der Waals surface area (Å²) in [6, 6.07) is 15.9. The van der Waals surface area contributed by atoms with Crippen molar-refractivity contribution >= 4 is 39.7 Å². The van der Waals surface area contributed by atoms with E-state index in [1.165, 1.54) is 13.3 Å². The van der Waals surface area contributed by atoms with E-state index in [1.54, 1.807) is 37.4 Å². The van der Waals surface area contributed by atoms with E-state index in [9.17, 15) is 4.79 Å². The van der Waals surface area contributed by atoms with E-state index < -0.39 is 0 Å². The number of halogens is 2. The number of nitrogens with one attached hydrogen (secondary N) is 1. The van der Waals surface area contributed by atoms with Gasteiger partial charge in [-0.05, 0) is 64.8 Å². The summed E-state index contributed by atoms with van der Waals surface area (Å²) in [6.07, 6.45) is 1.51. The smallest absolute Gasteiger partial charge is 0.271 e. The first-order valence-corrected chi connectivity index (χ1v) is 11.5. The molecular weight excluding hydrogens is 524 g/mol. The number of benzene rings is 3. The Bertz CT molecular complexity index is 1190. The fraction of sp³-hybridized carbons (Fsp3) is 0.200. The van der Waals surface area contributed by atoms with Crippen LogP contribution in [0.25, 0.3) is 0 Å². The molecule has 0 saturated carbocycles. The molecule has 3 aromatic rings. The van der Waals surface area contributed by atoms with Crippen molar-refractivity contribution in [3.05, 3.63) is 80.8 Å². The molecule has 9 heteroatoms. The Morgan fingerprint density at radius 1 is 1.03 bits per heavy atom. The molecule has 0 bridgehead atoms. The normalized spacial score (nSPS) is 10.7. The van der Waals surface area contributed by atoms with Gasteiger partial charge in [0.15, 0.2) is 23.0 Å². The van der Waals surface area contributed by atoms with Crippen LogP contribution in [0.15, 0.2) is 64.2 Å². The van der Waals surface area contributed by atoms with Gasteiger partial charge in [0.1, 0.15) is 6.61 Å². The van der Waals surface area contributed by atoms with Gasteiger partial charge in [-0.1, -0.05) is 29.8 Å². The van der Waals surface area contributed by atoms with Gasteiger partial charge in [0, 0.05) is 16.1 Å². The van der Waals surface area contributed by atoms with E-state index in [-0.39, 0.29) is 12.5 Å². The third kappa shape index (κ3) is 6.42. The summed E-state index contributed by atoms with van der Waals surface area (Å²) in [4.78, 5) is 12.5. The lowest BCUT2D eigenvalue weighted by Gasteiger charge is -2.14. The molecule has 0 aliphatic rings. The SMILES string of the molecule is CCOc1ccc(C(=O)N/N=C/c2cc(Br)c(OCc3ccccc3Cl)c(OC)c2)cc1OC. The van der Waals surface area contributed by atoms with Crippen LogP contribution in [0, 0.1) is 0 Å². The molecule has 3 rings (SSSR count). The van der Waals surface area contributed by atoms with E-state index >= 15 is 0 Å². The first-order chi connectivity index (χ1) is 16.5. The maximum Gasteiger partial charge on any atom is 0.271 e. The van der Waals surface area contributed by atoms with E-state index in [0.717, 1.165) is 5.56 Å². The molecule has 0 saturated heterocycles. The van der Waals surface area contributed by atoms with Crippen LogP contribution in [-0.4, -0.2) is 32.9 Å². The molecule has 0 fully saturated rings. The molecule has 1 amide bonds. The predicted octanol–water partition coefficient (Wildman–Crippen LogP) is 5.86. The maximum atomic E-state index is 12.5. The van der Waals surface area contributed by atoms with E-state index in [0.29, 0.717) is 50.2 Å². The number of nitrogens with zero attached hydrogens (tertiary/aromatic N) is 1. The highest BCUT2D eigenvalue weighted by atomic mass is 79.9. The monoisotopic (exact) mass is 546 g/mol. The number of ether oxygens (including phenoxy) is 4. The van der Waals surface area contributed by atoms with Crippen molar-refractivity contribution in [3.8, 4) is 23.0 Å². The van der Waals surface area contributed by atoms with Gasteiger partial charge in [-0.25, -0.2) is 5.43 Å². The van der Waals surface area contributed by atoms with Gasteiger partial charge >= 0.3 is 0 Å². The van der Waals surface area contributed by atoms with Crippen LogP contribution in [0.4, 0.5) is 0 Å². The molecule has 178 valence electrons. The number of methoxy groups -OCH3 is 2. The molecule has 0 aliphatic heterocycles. The topological polar surface area (TPSA) is 78.4 Å². The molecule has 0 heterocycles. The van der Waals surface area contributed by atoms with Crippen LogP contribution >= 0.6 is 27.5 Å². The van der Waals surface area contributed by atoms with Crippen molar-refractivity contribution in [2.24, 2.45) is 5.10 Å². The molecule has 0 spiro atoms. The molecule has 0 atom stereocenters. The number of carbonyl (C=O) groups excluding carboxylic acids is 1. The fourth-order valence-electron chi connectivity index (χ4n) is 3.03. The minimum Gasteiger partial charge on any atom is -0.493 e. The molecule has 0 aliphatic carbocycles. The Balaban J connectivity index is 1.69. The van der Waals surface area contributed by atoms with Crippen molar-refractivity contribution < 1.29 is 23.7 Å². The number of carbonyl (C=O) groups is 1. The first kappa shape index (κ1) is 25.4. The largest absolute Gasteiger partial charge is 0.493 e. The number of hydrogen-bond donors (Lipinski definition) is 1. The van der Waals surface area contributed by atoms with E-state index in [4.69, 9.17) is 30.5 Å². The van der Waals surface area contributed by atoms with Crippen molar-refractivity contribution in [3.63, 3.8) is 0 Å². The number of rotatable bonds is 10. The van der Waals surface area contributed by atoms with E-state index in [2.05, 4.69) is 26.5 Å². The zero-order chi connectivity index (χ0) is 24.5. The summed E-state index contributed by atoms with van der Waals surface area (Å²) in [7, 11) is 3.07. The minimum atomic E-state index is -0.386. The Morgan fingerprint density at radius 2 is 1.79 bits per heavy atom. The highest BCUT2D eigenvalue weighted by molar-refractivity contribution is 9.10. The van der Waals surface area contributed by atoms with Crippen molar-refractivity contribution in [2.75, 3.05) is 20.8 Å². The Morgan fingerprint density at radius 3 is 2.50 bits per heavy atom. The predicted molar refractivity (Wildman–Crippen MR) is 136 cm³/mol. The van der Waals surface area contributed by atoms with Crippen LogP contribution in [0.3, 0.4) is 0 Å². The van der Waals surface area contributed by atoms with Gasteiger partial charge in [0.05, 0.1) is 31.5 Å². The number of amides is 1. The molecule has 3 aromatic carbocycles. The lowest BCUT2D eigenvalue weighted by Crippen LogP contribution is -2.17. The van der Waals surface area contributed by atoms with Crippen molar-refractivity contribution in [1.29, 1.82) is 0 Å². The number of hydrazone groups is 1. The minimum absolute atomic E-state index is 0.281. The van der Waals surface area contributed by atoms with Gasteiger partial charge in [-0.2, -0.15) is 5.10 Å². The van der Waals surface area contributed by atoms with Crippen molar-refractivity contribution in [2.45, 2.75) is 13.5 Å². The second-order valence-electron chi connectivity index (χ2n) is 6.91. The van der Waals surface area contributed by atoms with Crippen LogP contribution in [0.5, 0.6) is 23.0 Å². The summed E-state index contributed by atoms with van der Waals surface area (Å²) in [5, 5.41) is 4.68. The molecule has 1 N–H and O–H groups in total.